The summed E-state index contributed by atoms with van der Waals surface area (Å²) >= 11 is 1.50. The minimum Gasteiger partial charge on any atom is -0.481 e. The number of carbonyl (C=O) groups is 2. The second kappa shape index (κ2) is 9.94. The maximum atomic E-state index is 14.4. The van der Waals surface area contributed by atoms with Crippen LogP contribution in [0.4, 0.5) is 4.39 Å². The number of rotatable bonds is 9. The third-order valence-electron chi connectivity index (χ3n) is 5.26. The molecule has 0 amide bonds. The number of thiophene rings is 1. The number of hydrogen-bond donors (Lipinski definition) is 2. The van der Waals surface area contributed by atoms with Crippen molar-refractivity contribution in [1.29, 1.82) is 0 Å². The zero-order valence-electron chi connectivity index (χ0n) is 16.0. The number of carboxylic acids is 1. The van der Waals surface area contributed by atoms with Gasteiger partial charge in [-0.25, -0.2) is 4.39 Å². The van der Waals surface area contributed by atoms with E-state index in [4.69, 9.17) is 5.11 Å². The van der Waals surface area contributed by atoms with E-state index >= 15 is 0 Å². The molecular weight excluding hydrogens is 391 g/mol. The van der Waals surface area contributed by atoms with Crippen molar-refractivity contribution in [2.24, 2.45) is 11.8 Å². The molecule has 2 N–H and O–H groups in total. The Hall–Kier alpha value is -2.31. The highest BCUT2D eigenvalue weighted by atomic mass is 32.1. The van der Waals surface area contributed by atoms with E-state index in [0.717, 1.165) is 15.0 Å². The molecule has 2 aromatic rings. The number of aliphatic hydroxyl groups is 1. The number of benzene rings is 1. The molecule has 1 heterocycles. The Kier molecular flexibility index (Phi) is 7.34. The predicted octanol–water partition coefficient (Wildman–Crippen LogP) is 5.24. The molecule has 29 heavy (non-hydrogen) atoms. The van der Waals surface area contributed by atoms with Crippen LogP contribution >= 0.6 is 11.3 Å². The first kappa shape index (κ1) is 21.4. The highest BCUT2D eigenvalue weighted by Gasteiger charge is 2.40. The van der Waals surface area contributed by atoms with E-state index in [2.05, 4.69) is 0 Å². The van der Waals surface area contributed by atoms with Gasteiger partial charge in [0.1, 0.15) is 18.1 Å². The van der Waals surface area contributed by atoms with Crippen molar-refractivity contribution in [1.82, 2.24) is 0 Å². The second-order valence-electron chi connectivity index (χ2n) is 7.38. The molecule has 1 saturated carbocycles. The van der Waals surface area contributed by atoms with Gasteiger partial charge in [-0.1, -0.05) is 42.5 Å². The highest BCUT2D eigenvalue weighted by molar-refractivity contribution is 7.19. The Morgan fingerprint density at radius 3 is 2.86 bits per heavy atom. The summed E-state index contributed by atoms with van der Waals surface area (Å²) in [6.45, 7) is 0. The number of alkyl halides is 1. The minimum atomic E-state index is -1.24. The average Bonchev–Trinajstić information content (AvgIpc) is 3.23. The second-order valence-corrected chi connectivity index (χ2v) is 8.50. The van der Waals surface area contributed by atoms with Gasteiger partial charge in [-0.3, -0.25) is 9.59 Å². The van der Waals surface area contributed by atoms with Crippen LogP contribution in [-0.2, 0) is 9.59 Å². The number of ketones is 1. The number of allylic oxidation sites excluding steroid dienone is 3. The third kappa shape index (κ3) is 5.61. The lowest BCUT2D eigenvalue weighted by molar-refractivity contribution is -0.137. The maximum Gasteiger partial charge on any atom is 0.303 e. The van der Waals surface area contributed by atoms with Gasteiger partial charge in [0, 0.05) is 34.3 Å². The molecule has 0 spiro atoms. The largest absolute Gasteiger partial charge is 0.481 e. The molecule has 4 nitrogen and oxygen atoms in total. The number of aliphatic hydroxyl groups excluding tert-OH is 1. The molecular formula is C23H25FO4S. The monoisotopic (exact) mass is 416 g/mol. The third-order valence-corrected chi connectivity index (χ3v) is 6.45. The molecule has 1 aromatic carbocycles. The summed E-state index contributed by atoms with van der Waals surface area (Å²) in [7, 11) is 0. The minimum absolute atomic E-state index is 0.0918. The van der Waals surface area contributed by atoms with E-state index in [1.165, 1.54) is 11.3 Å². The summed E-state index contributed by atoms with van der Waals surface area (Å²) in [6.07, 6.45) is 6.48. The quantitative estimate of drug-likeness (QED) is 0.433. The van der Waals surface area contributed by atoms with Crippen molar-refractivity contribution >= 4 is 33.2 Å². The summed E-state index contributed by atoms with van der Waals surface area (Å²) in [5, 5.41) is 20.2. The van der Waals surface area contributed by atoms with Gasteiger partial charge in [0.25, 0.3) is 0 Å². The van der Waals surface area contributed by atoms with Gasteiger partial charge in [0.2, 0.25) is 0 Å². The Morgan fingerprint density at radius 2 is 2.10 bits per heavy atom. The van der Waals surface area contributed by atoms with Crippen molar-refractivity contribution < 1.29 is 24.2 Å². The number of carboxylic acid groups (broad SMARTS) is 1. The van der Waals surface area contributed by atoms with Crippen LogP contribution < -0.4 is 0 Å². The Morgan fingerprint density at radius 1 is 1.31 bits per heavy atom. The zero-order chi connectivity index (χ0) is 20.8. The van der Waals surface area contributed by atoms with E-state index in [1.807, 2.05) is 42.5 Å². The normalized spacial score (nSPS) is 23.5. The molecule has 0 bridgehead atoms. The van der Waals surface area contributed by atoms with Gasteiger partial charge >= 0.3 is 5.97 Å². The van der Waals surface area contributed by atoms with Gasteiger partial charge in [0.05, 0.1) is 0 Å². The molecule has 0 aliphatic heterocycles. The molecule has 154 valence electrons. The van der Waals surface area contributed by atoms with Crippen molar-refractivity contribution in [3.8, 4) is 0 Å². The number of aliphatic carboxylic acids is 1. The Balaban J connectivity index is 1.61. The summed E-state index contributed by atoms with van der Waals surface area (Å²) in [5.74, 6) is -1.91. The highest BCUT2D eigenvalue weighted by Crippen LogP contribution is 2.37. The van der Waals surface area contributed by atoms with E-state index in [-0.39, 0.29) is 18.6 Å². The van der Waals surface area contributed by atoms with Crippen LogP contribution in [0.5, 0.6) is 0 Å². The molecule has 1 aromatic heterocycles. The number of halogens is 1. The van der Waals surface area contributed by atoms with E-state index in [0.29, 0.717) is 19.3 Å². The zero-order valence-corrected chi connectivity index (χ0v) is 16.9. The number of unbranched alkanes of at least 4 members (excludes halogenated alkanes) is 1. The molecule has 1 unspecified atom stereocenters. The fourth-order valence-electron chi connectivity index (χ4n) is 3.70. The van der Waals surface area contributed by atoms with E-state index in [1.54, 1.807) is 12.2 Å². The van der Waals surface area contributed by atoms with Crippen molar-refractivity contribution in [2.75, 3.05) is 0 Å². The summed E-state index contributed by atoms with van der Waals surface area (Å²) < 4.78 is 15.5. The van der Waals surface area contributed by atoms with E-state index < -0.39 is 30.1 Å². The standard InChI is InChI=1S/C23H25FO4S/c24-18-14-20(26)17(8-3-1-2-4-10-23(27)28)16(18)11-12-19(25)22-13-15-7-5-6-9-21(15)29-22/h1,3,5-7,9,11-13,16-19,25H,2,4,8,10,14H2,(H,27,28)/t16-,17-,18+,19?/m1/s1. The molecule has 1 aliphatic rings. The SMILES string of the molecule is O=C(O)CCCC=CC[C@H]1C(=O)C[C@H](F)[C@@H]1C=CC(O)c1cc2ccccc2s1. The summed E-state index contributed by atoms with van der Waals surface area (Å²) in [6, 6.07) is 9.80. The smallest absolute Gasteiger partial charge is 0.303 e. The van der Waals surface area contributed by atoms with Crippen LogP contribution in [0.3, 0.4) is 0 Å². The average molecular weight is 417 g/mol. The molecule has 4 atom stereocenters. The summed E-state index contributed by atoms with van der Waals surface area (Å²) in [4.78, 5) is 23.5. The molecule has 3 rings (SSSR count). The maximum absolute atomic E-state index is 14.4. The molecule has 1 fully saturated rings. The van der Waals surface area contributed by atoms with Crippen molar-refractivity contribution in [3.63, 3.8) is 0 Å². The number of fused-ring (bicyclic) bond motifs is 1. The van der Waals surface area contributed by atoms with Crippen LogP contribution in [0.1, 0.15) is 43.1 Å². The van der Waals surface area contributed by atoms with Crippen LogP contribution in [0.25, 0.3) is 10.1 Å². The van der Waals surface area contributed by atoms with Gasteiger partial charge in [-0.15, -0.1) is 11.3 Å². The first-order chi connectivity index (χ1) is 14.0. The lowest BCUT2D eigenvalue weighted by atomic mass is 9.90. The summed E-state index contributed by atoms with van der Waals surface area (Å²) in [5.41, 5.74) is 0. The molecule has 0 radical (unpaired) electrons. The molecule has 6 heteroatoms. The topological polar surface area (TPSA) is 74.6 Å². The first-order valence-electron chi connectivity index (χ1n) is 9.84. The van der Waals surface area contributed by atoms with Crippen LogP contribution in [0.2, 0.25) is 0 Å². The van der Waals surface area contributed by atoms with Crippen LogP contribution in [0, 0.1) is 11.8 Å². The number of hydrogen-bond acceptors (Lipinski definition) is 4. The molecule has 1 aliphatic carbocycles. The number of carbonyl (C=O) groups excluding carboxylic acids is 1. The first-order valence-corrected chi connectivity index (χ1v) is 10.7. The number of Topliss-reactive ketones (excluding diaryl/α,β-unsaturated/α-hetero) is 1. The van der Waals surface area contributed by atoms with E-state index in [9.17, 15) is 19.1 Å². The Labute approximate surface area is 173 Å². The van der Waals surface area contributed by atoms with Gasteiger partial charge in [-0.2, -0.15) is 0 Å². The van der Waals surface area contributed by atoms with Crippen LogP contribution in [0.15, 0.2) is 54.6 Å². The van der Waals surface area contributed by atoms with Crippen LogP contribution in [-0.4, -0.2) is 28.1 Å². The molecule has 0 saturated heterocycles. The fourth-order valence-corrected chi connectivity index (χ4v) is 4.73. The van der Waals surface area contributed by atoms with Crippen molar-refractivity contribution in [2.45, 2.75) is 44.4 Å². The fraction of sp³-hybridized carbons (Fsp3) is 0.391. The Bertz CT molecular complexity index is 883. The van der Waals surface area contributed by atoms with Gasteiger partial charge in [-0.05, 0) is 36.8 Å². The lowest BCUT2D eigenvalue weighted by Gasteiger charge is -2.15. The lowest BCUT2D eigenvalue weighted by Crippen LogP contribution is -2.16. The predicted molar refractivity (Wildman–Crippen MR) is 113 cm³/mol. The van der Waals surface area contributed by atoms with Crippen molar-refractivity contribution in [3.05, 3.63) is 59.5 Å². The van der Waals surface area contributed by atoms with Gasteiger partial charge < -0.3 is 10.2 Å². The van der Waals surface area contributed by atoms with Gasteiger partial charge in [0.15, 0.2) is 0 Å².